The van der Waals surface area contributed by atoms with Crippen LogP contribution in [0.15, 0.2) is 18.2 Å². The zero-order chi connectivity index (χ0) is 13.0. The summed E-state index contributed by atoms with van der Waals surface area (Å²) in [6, 6.07) is 6.96. The Morgan fingerprint density at radius 2 is 2.28 bits per heavy atom. The van der Waals surface area contributed by atoms with Crippen molar-refractivity contribution in [1.29, 1.82) is 0 Å². The Bertz CT molecular complexity index is 392. The Morgan fingerprint density at radius 1 is 1.44 bits per heavy atom. The number of aliphatic hydroxyl groups is 1. The lowest BCUT2D eigenvalue weighted by molar-refractivity contribution is 0.266. The van der Waals surface area contributed by atoms with Crippen LogP contribution < -0.4 is 10.2 Å². The van der Waals surface area contributed by atoms with Crippen molar-refractivity contribution in [3.05, 3.63) is 29.3 Å². The van der Waals surface area contributed by atoms with E-state index in [9.17, 15) is 5.11 Å². The van der Waals surface area contributed by atoms with Crippen LogP contribution in [0.1, 0.15) is 30.9 Å². The van der Waals surface area contributed by atoms with Crippen molar-refractivity contribution in [2.45, 2.75) is 39.3 Å². The highest BCUT2D eigenvalue weighted by molar-refractivity contribution is 5.56. The van der Waals surface area contributed by atoms with Crippen LogP contribution >= 0.6 is 0 Å². The van der Waals surface area contributed by atoms with Crippen molar-refractivity contribution >= 4 is 5.69 Å². The number of nitrogens with zero attached hydrogens (tertiary/aromatic N) is 1. The molecule has 0 aromatic heterocycles. The third-order valence-electron chi connectivity index (χ3n) is 3.74. The maximum Gasteiger partial charge on any atom is 0.0635 e. The Hall–Kier alpha value is -1.06. The molecule has 1 aliphatic heterocycles. The SMILES string of the molecule is CCNCc1ccc(N2CCCC2CO)c(C)c1. The van der Waals surface area contributed by atoms with Gasteiger partial charge in [0.1, 0.15) is 0 Å². The summed E-state index contributed by atoms with van der Waals surface area (Å²) in [6.07, 6.45) is 2.29. The molecule has 3 nitrogen and oxygen atoms in total. The molecule has 0 aliphatic carbocycles. The average molecular weight is 248 g/mol. The number of nitrogens with one attached hydrogen (secondary N) is 1. The maximum absolute atomic E-state index is 9.41. The van der Waals surface area contributed by atoms with Gasteiger partial charge in [0.15, 0.2) is 0 Å². The fraction of sp³-hybridized carbons (Fsp3) is 0.600. The molecule has 1 saturated heterocycles. The lowest BCUT2D eigenvalue weighted by Crippen LogP contribution is -2.32. The van der Waals surface area contributed by atoms with Gasteiger partial charge in [-0.15, -0.1) is 0 Å². The summed E-state index contributed by atoms with van der Waals surface area (Å²) in [4.78, 5) is 2.35. The molecule has 1 fully saturated rings. The third-order valence-corrected chi connectivity index (χ3v) is 3.74. The zero-order valence-electron chi connectivity index (χ0n) is 11.4. The van der Waals surface area contributed by atoms with Gasteiger partial charge in [0.2, 0.25) is 0 Å². The van der Waals surface area contributed by atoms with E-state index in [-0.39, 0.29) is 6.61 Å². The Balaban J connectivity index is 2.14. The van der Waals surface area contributed by atoms with Crippen LogP contribution in [0.5, 0.6) is 0 Å². The van der Waals surface area contributed by atoms with Crippen LogP contribution in [0, 0.1) is 6.92 Å². The first-order valence-electron chi connectivity index (χ1n) is 6.94. The first kappa shape index (κ1) is 13.4. The van der Waals surface area contributed by atoms with Crippen molar-refractivity contribution in [1.82, 2.24) is 5.32 Å². The van der Waals surface area contributed by atoms with Crippen LogP contribution in [0.3, 0.4) is 0 Å². The lowest BCUT2D eigenvalue weighted by atomic mass is 10.1. The molecule has 1 unspecified atom stereocenters. The maximum atomic E-state index is 9.41. The van der Waals surface area contributed by atoms with E-state index in [1.807, 2.05) is 0 Å². The molecule has 0 amide bonds. The number of aryl methyl sites for hydroxylation is 1. The van der Waals surface area contributed by atoms with Gasteiger partial charge >= 0.3 is 0 Å². The molecular weight excluding hydrogens is 224 g/mol. The molecular formula is C15H24N2O. The monoisotopic (exact) mass is 248 g/mol. The molecule has 0 saturated carbocycles. The van der Waals surface area contributed by atoms with Crippen LogP contribution in [0.4, 0.5) is 5.69 Å². The molecule has 1 atom stereocenters. The topological polar surface area (TPSA) is 35.5 Å². The van der Waals surface area contributed by atoms with Crippen molar-refractivity contribution in [3.8, 4) is 0 Å². The summed E-state index contributed by atoms with van der Waals surface area (Å²) in [5.74, 6) is 0. The van der Waals surface area contributed by atoms with E-state index in [1.54, 1.807) is 0 Å². The molecule has 0 radical (unpaired) electrons. The largest absolute Gasteiger partial charge is 0.394 e. The predicted octanol–water partition coefficient (Wildman–Crippen LogP) is 2.07. The molecule has 1 aliphatic rings. The summed E-state index contributed by atoms with van der Waals surface area (Å²) in [5.41, 5.74) is 3.93. The molecule has 100 valence electrons. The second kappa shape index (κ2) is 6.21. The van der Waals surface area contributed by atoms with Gasteiger partial charge in [-0.3, -0.25) is 0 Å². The molecule has 1 aromatic rings. The van der Waals surface area contributed by atoms with E-state index in [4.69, 9.17) is 0 Å². The standard InChI is InChI=1S/C15H24N2O/c1-3-16-10-13-6-7-15(12(2)9-13)17-8-4-5-14(17)11-18/h6-7,9,14,16,18H,3-5,8,10-11H2,1-2H3. The van der Waals surface area contributed by atoms with Gasteiger partial charge in [-0.1, -0.05) is 19.1 Å². The molecule has 3 heteroatoms. The second-order valence-electron chi connectivity index (χ2n) is 5.07. The molecule has 18 heavy (non-hydrogen) atoms. The minimum absolute atomic E-state index is 0.262. The molecule has 0 bridgehead atoms. The summed E-state index contributed by atoms with van der Waals surface area (Å²) in [7, 11) is 0. The Morgan fingerprint density at radius 3 is 2.94 bits per heavy atom. The van der Waals surface area contributed by atoms with E-state index in [0.29, 0.717) is 6.04 Å². The van der Waals surface area contributed by atoms with E-state index in [1.165, 1.54) is 23.2 Å². The van der Waals surface area contributed by atoms with Gasteiger partial charge in [-0.25, -0.2) is 0 Å². The van der Waals surface area contributed by atoms with Gasteiger partial charge in [0.25, 0.3) is 0 Å². The van der Waals surface area contributed by atoms with Gasteiger partial charge < -0.3 is 15.3 Å². The van der Waals surface area contributed by atoms with Crippen LogP contribution in [0.2, 0.25) is 0 Å². The first-order valence-corrected chi connectivity index (χ1v) is 6.94. The van der Waals surface area contributed by atoms with Crippen LogP contribution in [-0.2, 0) is 6.54 Å². The van der Waals surface area contributed by atoms with E-state index >= 15 is 0 Å². The van der Waals surface area contributed by atoms with Crippen LogP contribution in [-0.4, -0.2) is 30.8 Å². The van der Waals surface area contributed by atoms with Crippen molar-refractivity contribution < 1.29 is 5.11 Å². The fourth-order valence-corrected chi connectivity index (χ4v) is 2.76. The average Bonchev–Trinajstić information content (AvgIpc) is 2.84. The number of hydrogen-bond acceptors (Lipinski definition) is 3. The number of rotatable bonds is 5. The first-order chi connectivity index (χ1) is 8.76. The minimum atomic E-state index is 0.262. The summed E-state index contributed by atoms with van der Waals surface area (Å²) < 4.78 is 0. The van der Waals surface area contributed by atoms with Gasteiger partial charge in [0, 0.05) is 18.8 Å². The molecule has 1 heterocycles. The minimum Gasteiger partial charge on any atom is -0.394 e. The van der Waals surface area contributed by atoms with Crippen molar-refractivity contribution in [3.63, 3.8) is 0 Å². The highest BCUT2D eigenvalue weighted by Gasteiger charge is 2.24. The second-order valence-corrected chi connectivity index (χ2v) is 5.07. The van der Waals surface area contributed by atoms with E-state index in [0.717, 1.165) is 26.1 Å². The highest BCUT2D eigenvalue weighted by atomic mass is 16.3. The van der Waals surface area contributed by atoms with Crippen molar-refractivity contribution in [2.75, 3.05) is 24.6 Å². The smallest absolute Gasteiger partial charge is 0.0635 e. The molecule has 0 spiro atoms. The van der Waals surface area contributed by atoms with Crippen LogP contribution in [0.25, 0.3) is 0 Å². The molecule has 2 N–H and O–H groups in total. The number of benzene rings is 1. The zero-order valence-corrected chi connectivity index (χ0v) is 11.4. The van der Waals surface area contributed by atoms with E-state index < -0.39 is 0 Å². The summed E-state index contributed by atoms with van der Waals surface area (Å²) >= 11 is 0. The predicted molar refractivity (Wildman–Crippen MR) is 76.0 cm³/mol. The molecule has 1 aromatic carbocycles. The van der Waals surface area contributed by atoms with Crippen molar-refractivity contribution in [2.24, 2.45) is 0 Å². The van der Waals surface area contributed by atoms with Gasteiger partial charge in [-0.05, 0) is 43.5 Å². The summed E-state index contributed by atoms with van der Waals surface area (Å²) in [5, 5.41) is 12.8. The van der Waals surface area contributed by atoms with Gasteiger partial charge in [0.05, 0.1) is 12.6 Å². The number of hydrogen-bond donors (Lipinski definition) is 2. The molecule has 2 rings (SSSR count). The normalized spacial score (nSPS) is 19.5. The number of aliphatic hydroxyl groups excluding tert-OH is 1. The highest BCUT2D eigenvalue weighted by Crippen LogP contribution is 2.28. The Labute approximate surface area is 110 Å². The van der Waals surface area contributed by atoms with E-state index in [2.05, 4.69) is 42.3 Å². The summed E-state index contributed by atoms with van der Waals surface area (Å²) in [6.45, 7) is 7.55. The third kappa shape index (κ3) is 2.85. The van der Waals surface area contributed by atoms with Gasteiger partial charge in [-0.2, -0.15) is 0 Å². The quantitative estimate of drug-likeness (QED) is 0.837. The number of anilines is 1. The lowest BCUT2D eigenvalue weighted by Gasteiger charge is -2.27. The Kier molecular flexibility index (Phi) is 4.61. The fourth-order valence-electron chi connectivity index (χ4n) is 2.76.